The molecule has 7 aromatic rings. The third-order valence-corrected chi connectivity index (χ3v) is 14.7. The minimum absolute atomic E-state index is 0. The van der Waals surface area contributed by atoms with Gasteiger partial charge in [-0.2, -0.15) is 10.2 Å². The van der Waals surface area contributed by atoms with Crippen LogP contribution in [-0.4, -0.2) is 121 Å². The first-order chi connectivity index (χ1) is 44.2. The van der Waals surface area contributed by atoms with E-state index in [1.165, 1.54) is 53.8 Å². The summed E-state index contributed by atoms with van der Waals surface area (Å²) >= 11 is 0. The van der Waals surface area contributed by atoms with Gasteiger partial charge in [0.05, 0.1) is 50.9 Å². The molecular formula is C69H100FN11O11. The van der Waals surface area contributed by atoms with Crippen molar-refractivity contribution < 1.29 is 69.1 Å². The lowest BCUT2D eigenvalue weighted by molar-refractivity contribution is 0.0517. The van der Waals surface area contributed by atoms with Gasteiger partial charge in [0.25, 0.3) is 0 Å². The van der Waals surface area contributed by atoms with Crippen LogP contribution < -0.4 is 31.9 Å². The molecule has 92 heavy (non-hydrogen) atoms. The van der Waals surface area contributed by atoms with E-state index in [-0.39, 0.29) is 89.9 Å². The molecule has 1 fully saturated rings. The van der Waals surface area contributed by atoms with Crippen molar-refractivity contribution in [2.45, 2.75) is 118 Å². The summed E-state index contributed by atoms with van der Waals surface area (Å²) in [5, 5.41) is 45.6. The van der Waals surface area contributed by atoms with Gasteiger partial charge in [-0.15, -0.1) is 6.58 Å². The van der Waals surface area contributed by atoms with Gasteiger partial charge in [-0.25, -0.2) is 37.7 Å². The second kappa shape index (κ2) is 36.7. The van der Waals surface area contributed by atoms with Crippen LogP contribution >= 0.6 is 0 Å². The van der Waals surface area contributed by atoms with Gasteiger partial charge in [0, 0.05) is 59.9 Å². The number of carbonyl (C=O) groups is 7. The number of amides is 6. The summed E-state index contributed by atoms with van der Waals surface area (Å²) < 4.78 is 26.1. The zero-order chi connectivity index (χ0) is 66.5. The maximum atomic E-state index is 13.2. The smallest absolute Gasteiger partial charge is 0.343 e. The number of benzene rings is 5. The van der Waals surface area contributed by atoms with Crippen molar-refractivity contribution in [3.8, 4) is 0 Å². The number of likely N-dealkylation sites (tertiary alicyclic amines) is 1. The van der Waals surface area contributed by atoms with E-state index in [4.69, 9.17) is 9.47 Å². The number of hydrogen-bond acceptors (Lipinski definition) is 14. The Morgan fingerprint density at radius 1 is 0.674 bits per heavy atom. The van der Waals surface area contributed by atoms with Crippen molar-refractivity contribution in [2.75, 3.05) is 48.8 Å². The fourth-order valence-corrected chi connectivity index (χ4v) is 10.1. The van der Waals surface area contributed by atoms with Crippen LogP contribution in [0.5, 0.6) is 0 Å². The Balaban J connectivity index is -0.00000137. The van der Waals surface area contributed by atoms with Crippen LogP contribution in [0.3, 0.4) is 0 Å². The van der Waals surface area contributed by atoms with Gasteiger partial charge in [-0.1, -0.05) is 109 Å². The Bertz CT molecular complexity index is 3540. The fourth-order valence-electron chi connectivity index (χ4n) is 10.1. The van der Waals surface area contributed by atoms with Crippen molar-refractivity contribution >= 4 is 58.9 Å². The number of piperidine rings is 1. The molecule has 8 N–H and O–H groups in total. The third kappa shape index (κ3) is 22.9. The number of esters is 2. The van der Waals surface area contributed by atoms with E-state index in [9.17, 15) is 48.2 Å². The molecule has 1 aliphatic heterocycles. The molecule has 0 radical (unpaired) electrons. The van der Waals surface area contributed by atoms with Gasteiger partial charge in [0.1, 0.15) is 28.6 Å². The van der Waals surface area contributed by atoms with Gasteiger partial charge in [0.2, 0.25) is 0 Å². The summed E-state index contributed by atoms with van der Waals surface area (Å²) in [5.74, 6) is -0.858. The normalized spacial score (nSPS) is 14.1. The number of hydrogen-bond donors (Lipinski definition) is 8. The van der Waals surface area contributed by atoms with Crippen LogP contribution in [0.25, 0.3) is 0 Å². The number of carbonyl (C=O) groups excluding carboxylic acids is 7. The summed E-state index contributed by atoms with van der Waals surface area (Å²) in [6, 6.07) is 38.1. The Morgan fingerprint density at radius 2 is 1.17 bits per heavy atom. The number of rotatable bonds is 26. The minimum Gasteiger partial charge on any atom is -0.462 e. The number of halogens is 1. The molecule has 2 aromatic heterocycles. The maximum Gasteiger partial charge on any atom is 0.343 e. The lowest BCUT2D eigenvalue weighted by Gasteiger charge is -2.39. The van der Waals surface area contributed by atoms with Crippen LogP contribution in [0.2, 0.25) is 0 Å². The Kier molecular flexibility index (Phi) is 28.4. The predicted octanol–water partition coefficient (Wildman–Crippen LogP) is 13.0. The molecule has 5 aromatic carbocycles. The first kappa shape index (κ1) is 71.2. The van der Waals surface area contributed by atoms with Crippen LogP contribution in [0.1, 0.15) is 155 Å². The van der Waals surface area contributed by atoms with E-state index in [0.29, 0.717) is 53.0 Å². The van der Waals surface area contributed by atoms with E-state index < -0.39 is 36.2 Å². The molecule has 1 saturated heterocycles. The summed E-state index contributed by atoms with van der Waals surface area (Å²) in [4.78, 5) is 87.4. The van der Waals surface area contributed by atoms with Crippen LogP contribution in [-0.2, 0) is 35.5 Å². The van der Waals surface area contributed by atoms with E-state index in [1.54, 1.807) is 50.2 Å². The first-order valence-electron chi connectivity index (χ1n) is 30.6. The van der Waals surface area contributed by atoms with Gasteiger partial charge >= 0.3 is 30.0 Å². The molecular weight excluding hydrogens is 1180 g/mol. The molecule has 0 bridgehead atoms. The predicted molar refractivity (Wildman–Crippen MR) is 367 cm³/mol. The SMILES string of the molecule is C=CCN1CC[C@@H](Cc2ccc(F)cc2)C[C@@H]1CCCNC(=O)Nc1cc(C(C)=O)cc(C(C)=O)c1.CCOC(=O)c1cnn(CC(O)c2ccccc2)c1NC(=O)NC(C)C.CCOC(=O)c1cnn(CC(O)c2ccccc2)c1NC(=O)NCc1ccccc1.[HH].[HH].[HH].[HH].[HH].[HH].[HH].[HH]. The van der Waals surface area contributed by atoms with E-state index in [2.05, 4.69) is 53.6 Å². The number of aliphatic hydroxyl groups excluding tert-OH is 2. The molecule has 0 saturated carbocycles. The number of ketones is 2. The molecule has 504 valence electrons. The largest absolute Gasteiger partial charge is 0.462 e. The summed E-state index contributed by atoms with van der Waals surface area (Å²) in [6.07, 6.45) is 7.73. The minimum atomic E-state index is -0.867. The molecule has 2 unspecified atom stereocenters. The summed E-state index contributed by atoms with van der Waals surface area (Å²) in [7, 11) is 0. The fraction of sp³-hybridized carbons (Fsp3) is 0.348. The molecule has 3 heterocycles. The van der Waals surface area contributed by atoms with Crippen molar-refractivity contribution in [2.24, 2.45) is 5.92 Å². The molecule has 1 aliphatic rings. The van der Waals surface area contributed by atoms with Crippen molar-refractivity contribution in [1.29, 1.82) is 0 Å². The zero-order valence-corrected chi connectivity index (χ0v) is 52.9. The van der Waals surface area contributed by atoms with E-state index >= 15 is 0 Å². The second-order valence-corrected chi connectivity index (χ2v) is 22.1. The van der Waals surface area contributed by atoms with Crippen LogP contribution in [0.4, 0.5) is 36.1 Å². The monoisotopic (exact) mass is 1280 g/mol. The number of ether oxygens (including phenoxy) is 2. The van der Waals surface area contributed by atoms with E-state index in [1.807, 2.05) is 98.8 Å². The second-order valence-electron chi connectivity index (χ2n) is 22.1. The van der Waals surface area contributed by atoms with Crippen molar-refractivity contribution in [3.63, 3.8) is 0 Å². The number of nitrogens with zero attached hydrogens (tertiary/aromatic N) is 5. The average molecular weight is 1280 g/mol. The third-order valence-electron chi connectivity index (χ3n) is 14.7. The Labute approximate surface area is 547 Å². The summed E-state index contributed by atoms with van der Waals surface area (Å²) in [5.41, 5.74) is 4.93. The Morgan fingerprint density at radius 3 is 1.66 bits per heavy atom. The van der Waals surface area contributed by atoms with Gasteiger partial charge in [-0.3, -0.25) is 25.1 Å². The topological polar surface area (TPSA) is 289 Å². The lowest BCUT2D eigenvalue weighted by atomic mass is 9.84. The molecule has 6 amide bonds. The Hall–Kier alpha value is -9.84. The van der Waals surface area contributed by atoms with Gasteiger partial charge < -0.3 is 41.0 Å². The molecule has 0 aliphatic carbocycles. The van der Waals surface area contributed by atoms with Crippen LogP contribution in [0.15, 0.2) is 159 Å². The van der Waals surface area contributed by atoms with Crippen molar-refractivity contribution in [1.82, 2.24) is 40.4 Å². The number of aliphatic hydroxyl groups is 2. The van der Waals surface area contributed by atoms with Gasteiger partial charge in [-0.05, 0) is 139 Å². The number of urea groups is 3. The van der Waals surface area contributed by atoms with Crippen molar-refractivity contribution in [3.05, 3.63) is 209 Å². The lowest BCUT2D eigenvalue weighted by Crippen LogP contribution is -2.43. The highest BCUT2D eigenvalue weighted by Gasteiger charge is 2.29. The highest BCUT2D eigenvalue weighted by Crippen LogP contribution is 2.29. The van der Waals surface area contributed by atoms with Crippen LogP contribution in [0, 0.1) is 11.7 Å². The highest BCUT2D eigenvalue weighted by atomic mass is 19.1. The quantitative estimate of drug-likeness (QED) is 0.0108. The molecule has 8 rings (SSSR count). The molecule has 22 nitrogen and oxygen atoms in total. The first-order valence-corrected chi connectivity index (χ1v) is 30.6. The molecule has 4 atom stereocenters. The maximum absolute atomic E-state index is 13.2. The number of aromatic nitrogens is 4. The highest BCUT2D eigenvalue weighted by molar-refractivity contribution is 6.03. The van der Waals surface area contributed by atoms with E-state index in [0.717, 1.165) is 56.3 Å². The summed E-state index contributed by atoms with van der Waals surface area (Å²) in [6.45, 7) is 17.0. The number of Topliss-reactive ketones (excluding diaryl/α,β-unsaturated/α-hetero) is 2. The van der Waals surface area contributed by atoms with Gasteiger partial charge in [0.15, 0.2) is 11.6 Å². The standard InChI is InChI=1S/C29H36FN3O3.C22H24N4O4.C18H24N4O4.8H2/c1-4-13-33-14-11-23(15-22-7-9-26(30)10-8-22)16-28(33)6-5-12-31-29(36)32-27-18-24(20(2)34)17-25(19-27)21(3)35;1-2-30-21(28)18-14-24-26(15-19(27)17-11-7-4-8-12-17)20(18)25-22(29)23-13-16-9-5-3-6-10-16;1-4-26-17(24)14-10-19-22(16(14)21-18(25)20-12(2)3)11-15(23)13-8-6-5-7-9-13;;;;;;;;/h4,7-10,17-19,23,28H,1,5-6,11-16H2,2-3H3,(H2,31,32,36);3-12,14,19,27H,2,13,15H2,1H3,(H2,23,25,29);5-10,12,15,23H,4,11H2,1-3H3,(H2,20,21,25);8*1H/t23-,28-;;;;;;;;;;/m0........../s1. The number of anilines is 3. The molecule has 0 spiro atoms. The number of nitrogens with one attached hydrogen (secondary N) is 6. The molecule has 23 heteroatoms. The average Bonchev–Trinajstić information content (AvgIpc) is 1.67. The zero-order valence-electron chi connectivity index (χ0n) is 52.9.